The maximum Gasteiger partial charge on any atom is 0.328 e. The van der Waals surface area contributed by atoms with Crippen LogP contribution in [0.25, 0.3) is 0 Å². The van der Waals surface area contributed by atoms with Crippen molar-refractivity contribution in [3.05, 3.63) is 33.9 Å². The number of hydrogen-bond acceptors (Lipinski definition) is 4. The lowest BCUT2D eigenvalue weighted by Gasteiger charge is -2.32. The van der Waals surface area contributed by atoms with Crippen LogP contribution in [0.5, 0.6) is 0 Å². The van der Waals surface area contributed by atoms with Crippen LogP contribution in [0.3, 0.4) is 0 Å². The standard InChI is InChI=1S/C13H14F2N2O3/c1-8(18)9-2-4-16(5-3-9)12-7-10(14)6-11(15)13(12)17(19)20/h6-7,9H,2-5H2,1H3. The Morgan fingerprint density at radius 3 is 2.45 bits per heavy atom. The van der Waals surface area contributed by atoms with Crippen molar-refractivity contribution in [3.63, 3.8) is 0 Å². The molecule has 20 heavy (non-hydrogen) atoms. The van der Waals surface area contributed by atoms with Gasteiger partial charge in [0.2, 0.25) is 5.82 Å². The normalized spacial score (nSPS) is 16.2. The van der Waals surface area contributed by atoms with E-state index in [1.54, 1.807) is 4.90 Å². The van der Waals surface area contributed by atoms with Crippen LogP contribution < -0.4 is 4.90 Å². The first-order valence-electron chi connectivity index (χ1n) is 6.29. The van der Waals surface area contributed by atoms with Gasteiger partial charge in [0, 0.05) is 31.1 Å². The molecular weight excluding hydrogens is 270 g/mol. The van der Waals surface area contributed by atoms with Crippen LogP contribution in [0, 0.1) is 27.7 Å². The summed E-state index contributed by atoms with van der Waals surface area (Å²) in [7, 11) is 0. The number of nitro groups is 1. The highest BCUT2D eigenvalue weighted by Gasteiger charge is 2.29. The van der Waals surface area contributed by atoms with E-state index in [9.17, 15) is 23.7 Å². The largest absolute Gasteiger partial charge is 0.366 e. The molecule has 108 valence electrons. The molecule has 0 aromatic heterocycles. The summed E-state index contributed by atoms with van der Waals surface area (Å²) in [6, 6.07) is 1.47. The third-order valence-corrected chi connectivity index (χ3v) is 3.60. The SMILES string of the molecule is CC(=O)C1CCN(c2cc(F)cc(F)c2[N+](=O)[O-])CC1. The highest BCUT2D eigenvalue weighted by molar-refractivity contribution is 5.78. The molecule has 0 N–H and O–H groups in total. The van der Waals surface area contributed by atoms with Gasteiger partial charge >= 0.3 is 5.69 Å². The summed E-state index contributed by atoms with van der Waals surface area (Å²) in [4.78, 5) is 22.9. The fourth-order valence-electron chi connectivity index (χ4n) is 2.50. The van der Waals surface area contributed by atoms with Gasteiger partial charge in [0.1, 0.15) is 17.3 Å². The van der Waals surface area contributed by atoms with Crippen molar-refractivity contribution in [2.45, 2.75) is 19.8 Å². The number of benzene rings is 1. The Kier molecular flexibility index (Phi) is 3.96. The summed E-state index contributed by atoms with van der Waals surface area (Å²) in [6.07, 6.45) is 1.06. The minimum atomic E-state index is -1.18. The van der Waals surface area contributed by atoms with E-state index in [1.165, 1.54) is 6.92 Å². The minimum absolute atomic E-state index is 0.0606. The Morgan fingerprint density at radius 1 is 1.35 bits per heavy atom. The van der Waals surface area contributed by atoms with Gasteiger partial charge < -0.3 is 4.90 Å². The first-order chi connectivity index (χ1) is 9.40. The Hall–Kier alpha value is -2.05. The monoisotopic (exact) mass is 284 g/mol. The lowest BCUT2D eigenvalue weighted by atomic mass is 9.93. The Bertz CT molecular complexity index is 555. The topological polar surface area (TPSA) is 63.5 Å². The molecule has 1 aromatic rings. The van der Waals surface area contributed by atoms with Crippen molar-refractivity contribution < 1.29 is 18.5 Å². The van der Waals surface area contributed by atoms with Crippen LogP contribution in [0.2, 0.25) is 0 Å². The smallest absolute Gasteiger partial charge is 0.328 e. The van der Waals surface area contributed by atoms with Gasteiger partial charge in [0.25, 0.3) is 0 Å². The van der Waals surface area contributed by atoms with Gasteiger partial charge in [0.15, 0.2) is 0 Å². The van der Waals surface area contributed by atoms with Crippen LogP contribution in [0.4, 0.5) is 20.2 Å². The number of nitro benzene ring substituents is 1. The van der Waals surface area contributed by atoms with E-state index < -0.39 is 22.2 Å². The third kappa shape index (κ3) is 2.76. The van der Waals surface area contributed by atoms with Crippen molar-refractivity contribution in [2.24, 2.45) is 5.92 Å². The zero-order chi connectivity index (χ0) is 14.9. The van der Waals surface area contributed by atoms with Crippen LogP contribution in [0.15, 0.2) is 12.1 Å². The Balaban J connectivity index is 2.30. The van der Waals surface area contributed by atoms with Gasteiger partial charge in [-0.05, 0) is 19.8 Å². The summed E-state index contributed by atoms with van der Waals surface area (Å²) in [6.45, 7) is 2.24. The quantitative estimate of drug-likeness (QED) is 0.632. The van der Waals surface area contributed by atoms with E-state index >= 15 is 0 Å². The molecule has 0 radical (unpaired) electrons. The van der Waals surface area contributed by atoms with Gasteiger partial charge in [-0.3, -0.25) is 14.9 Å². The van der Waals surface area contributed by atoms with Gasteiger partial charge in [-0.1, -0.05) is 0 Å². The highest BCUT2D eigenvalue weighted by atomic mass is 19.1. The molecule has 1 aromatic carbocycles. The fraction of sp³-hybridized carbons (Fsp3) is 0.462. The summed E-state index contributed by atoms with van der Waals surface area (Å²) in [5, 5.41) is 10.9. The second-order valence-corrected chi connectivity index (χ2v) is 4.88. The number of rotatable bonds is 3. The maximum atomic E-state index is 13.6. The Labute approximate surface area is 114 Å². The second-order valence-electron chi connectivity index (χ2n) is 4.88. The molecule has 0 spiro atoms. The van der Waals surface area contributed by atoms with Crippen LogP contribution in [-0.2, 0) is 4.79 Å². The number of ketones is 1. The number of carbonyl (C=O) groups is 1. The summed E-state index contributed by atoms with van der Waals surface area (Å²) < 4.78 is 26.8. The molecule has 0 aliphatic carbocycles. The van der Waals surface area contributed by atoms with Crippen molar-refractivity contribution in [1.82, 2.24) is 0 Å². The van der Waals surface area contributed by atoms with Gasteiger partial charge in [0.05, 0.1) is 4.92 Å². The van der Waals surface area contributed by atoms with E-state index in [2.05, 4.69) is 0 Å². The predicted molar refractivity (Wildman–Crippen MR) is 68.6 cm³/mol. The van der Waals surface area contributed by atoms with E-state index in [4.69, 9.17) is 0 Å². The number of halogens is 2. The molecule has 0 atom stereocenters. The molecule has 0 bridgehead atoms. The van der Waals surface area contributed by atoms with E-state index in [1.807, 2.05) is 0 Å². The molecule has 1 aliphatic rings. The summed E-state index contributed by atoms with van der Waals surface area (Å²) in [5.41, 5.74) is -0.776. The minimum Gasteiger partial charge on any atom is -0.366 e. The summed E-state index contributed by atoms with van der Waals surface area (Å²) >= 11 is 0. The Morgan fingerprint density at radius 2 is 1.95 bits per heavy atom. The molecular formula is C13H14F2N2O3. The van der Waals surface area contributed by atoms with Crippen LogP contribution >= 0.6 is 0 Å². The number of nitrogens with zero attached hydrogens (tertiary/aromatic N) is 2. The molecule has 1 fully saturated rings. The highest BCUT2D eigenvalue weighted by Crippen LogP contribution is 2.34. The zero-order valence-corrected chi connectivity index (χ0v) is 10.9. The van der Waals surface area contributed by atoms with Gasteiger partial charge in [-0.15, -0.1) is 0 Å². The number of piperidine rings is 1. The zero-order valence-electron chi connectivity index (χ0n) is 10.9. The van der Waals surface area contributed by atoms with Crippen molar-refractivity contribution >= 4 is 17.2 Å². The molecule has 1 aliphatic heterocycles. The fourth-order valence-corrected chi connectivity index (χ4v) is 2.50. The summed E-state index contributed by atoms with van der Waals surface area (Å²) in [5.74, 6) is -2.04. The van der Waals surface area contributed by atoms with Crippen LogP contribution in [-0.4, -0.2) is 23.8 Å². The second kappa shape index (κ2) is 5.52. The first kappa shape index (κ1) is 14.4. The molecule has 1 saturated heterocycles. The predicted octanol–water partition coefficient (Wildman–Crippen LogP) is 2.68. The lowest BCUT2D eigenvalue weighted by molar-refractivity contribution is -0.386. The van der Waals surface area contributed by atoms with Crippen LogP contribution in [0.1, 0.15) is 19.8 Å². The average molecular weight is 284 g/mol. The van der Waals surface area contributed by atoms with E-state index in [0.29, 0.717) is 32.0 Å². The number of carbonyl (C=O) groups excluding carboxylic acids is 1. The average Bonchev–Trinajstić information content (AvgIpc) is 2.37. The number of anilines is 1. The van der Waals surface area contributed by atoms with Crippen molar-refractivity contribution in [1.29, 1.82) is 0 Å². The number of hydrogen-bond donors (Lipinski definition) is 0. The van der Waals surface area contributed by atoms with E-state index in [-0.39, 0.29) is 17.4 Å². The van der Waals surface area contributed by atoms with Crippen molar-refractivity contribution in [3.8, 4) is 0 Å². The van der Waals surface area contributed by atoms with Gasteiger partial charge in [-0.2, -0.15) is 4.39 Å². The maximum absolute atomic E-state index is 13.6. The molecule has 0 amide bonds. The third-order valence-electron chi connectivity index (χ3n) is 3.60. The van der Waals surface area contributed by atoms with Crippen molar-refractivity contribution in [2.75, 3.05) is 18.0 Å². The molecule has 1 heterocycles. The van der Waals surface area contributed by atoms with E-state index in [0.717, 1.165) is 6.07 Å². The van der Waals surface area contributed by atoms with Gasteiger partial charge in [-0.25, -0.2) is 4.39 Å². The first-order valence-corrected chi connectivity index (χ1v) is 6.29. The lowest BCUT2D eigenvalue weighted by Crippen LogP contribution is -2.36. The molecule has 0 unspecified atom stereocenters. The molecule has 0 saturated carbocycles. The molecule has 2 rings (SSSR count). The number of Topliss-reactive ketones (excluding diaryl/α,β-unsaturated/α-hetero) is 1. The molecule has 5 nitrogen and oxygen atoms in total. The molecule has 7 heteroatoms.